The topological polar surface area (TPSA) is 63.5 Å². The van der Waals surface area contributed by atoms with Crippen LogP contribution in [0.25, 0.3) is 0 Å². The lowest BCUT2D eigenvalue weighted by Crippen LogP contribution is -2.49. The normalized spacial score (nSPS) is 15.0. The van der Waals surface area contributed by atoms with Crippen molar-refractivity contribution in [2.45, 2.75) is 57.8 Å². The number of piperazine rings is 1. The molecular formula is C28H37N5O2S. The first-order valence-electron chi connectivity index (χ1n) is 12.8. The third kappa shape index (κ3) is 6.22. The number of anilines is 1. The van der Waals surface area contributed by atoms with Crippen LogP contribution in [0.15, 0.2) is 59.8 Å². The summed E-state index contributed by atoms with van der Waals surface area (Å²) in [5, 5.41) is 9.62. The summed E-state index contributed by atoms with van der Waals surface area (Å²) >= 11 is 1.45. The second-order valence-electron chi connectivity index (χ2n) is 9.78. The molecule has 1 aliphatic rings. The standard InChI is InChI=1S/C28H37N5O2S/c1-20(2)23-11-13-25(14-12-23)35-22(5)27-29-30-28(33(27)21(3)4)36-19-26(34)32-17-15-31(16-18-32)24-9-7-6-8-10-24/h6-14,20-22H,15-19H2,1-5H3. The van der Waals surface area contributed by atoms with E-state index in [-0.39, 0.29) is 18.1 Å². The highest BCUT2D eigenvalue weighted by atomic mass is 32.2. The highest BCUT2D eigenvalue weighted by Crippen LogP contribution is 2.28. The molecule has 0 bridgehead atoms. The highest BCUT2D eigenvalue weighted by molar-refractivity contribution is 7.99. The van der Waals surface area contributed by atoms with Crippen LogP contribution in [0.5, 0.6) is 5.75 Å². The molecule has 1 unspecified atom stereocenters. The number of aromatic nitrogens is 3. The van der Waals surface area contributed by atoms with E-state index in [1.807, 2.05) is 30.0 Å². The SMILES string of the molecule is CC(C)c1ccc(OC(C)c2nnc(SCC(=O)N3CCN(c4ccccc4)CC3)n2C(C)C)cc1. The molecule has 1 atom stereocenters. The summed E-state index contributed by atoms with van der Waals surface area (Å²) in [6, 6.07) is 18.7. The van der Waals surface area contributed by atoms with Crippen LogP contribution >= 0.6 is 11.8 Å². The van der Waals surface area contributed by atoms with Crippen LogP contribution in [-0.4, -0.2) is 57.5 Å². The van der Waals surface area contributed by atoms with Gasteiger partial charge in [-0.15, -0.1) is 10.2 Å². The van der Waals surface area contributed by atoms with Crippen molar-refractivity contribution in [2.75, 3.05) is 36.8 Å². The van der Waals surface area contributed by atoms with E-state index in [1.54, 1.807) is 0 Å². The van der Waals surface area contributed by atoms with Gasteiger partial charge in [-0.05, 0) is 56.5 Å². The number of rotatable bonds is 9. The van der Waals surface area contributed by atoms with Crippen LogP contribution in [0, 0.1) is 0 Å². The number of nitrogens with zero attached hydrogens (tertiary/aromatic N) is 5. The molecule has 36 heavy (non-hydrogen) atoms. The van der Waals surface area contributed by atoms with Gasteiger partial charge in [-0.3, -0.25) is 4.79 Å². The van der Waals surface area contributed by atoms with E-state index in [4.69, 9.17) is 4.74 Å². The Labute approximate surface area is 218 Å². The predicted octanol–water partition coefficient (Wildman–Crippen LogP) is 5.56. The maximum Gasteiger partial charge on any atom is 0.233 e. The van der Waals surface area contributed by atoms with Gasteiger partial charge in [0, 0.05) is 37.9 Å². The highest BCUT2D eigenvalue weighted by Gasteiger charge is 2.25. The fourth-order valence-electron chi connectivity index (χ4n) is 4.41. The molecule has 1 fully saturated rings. The van der Waals surface area contributed by atoms with Crippen molar-refractivity contribution in [1.82, 2.24) is 19.7 Å². The molecule has 3 aromatic rings. The van der Waals surface area contributed by atoms with Gasteiger partial charge in [-0.2, -0.15) is 0 Å². The molecule has 4 rings (SSSR count). The first kappa shape index (κ1) is 26.1. The third-order valence-corrected chi connectivity index (χ3v) is 7.44. The van der Waals surface area contributed by atoms with Gasteiger partial charge in [0.1, 0.15) is 5.75 Å². The molecule has 0 aliphatic carbocycles. The lowest BCUT2D eigenvalue weighted by Gasteiger charge is -2.36. The number of amides is 1. The van der Waals surface area contributed by atoms with E-state index >= 15 is 0 Å². The van der Waals surface area contributed by atoms with Gasteiger partial charge in [0.05, 0.1) is 5.75 Å². The Morgan fingerprint density at radius 1 is 0.917 bits per heavy atom. The van der Waals surface area contributed by atoms with E-state index in [1.165, 1.54) is 23.0 Å². The molecule has 8 heteroatoms. The van der Waals surface area contributed by atoms with Gasteiger partial charge >= 0.3 is 0 Å². The van der Waals surface area contributed by atoms with Crippen LogP contribution in [-0.2, 0) is 4.79 Å². The fraction of sp³-hybridized carbons (Fsp3) is 0.464. The zero-order valence-electron chi connectivity index (χ0n) is 21.9. The zero-order chi connectivity index (χ0) is 25.7. The Bertz CT molecular complexity index is 1120. The monoisotopic (exact) mass is 507 g/mol. The Kier molecular flexibility index (Phi) is 8.56. The molecule has 0 saturated carbocycles. The maximum absolute atomic E-state index is 13.0. The van der Waals surface area contributed by atoms with Crippen LogP contribution in [0.2, 0.25) is 0 Å². The minimum atomic E-state index is -0.263. The first-order chi connectivity index (χ1) is 17.3. The van der Waals surface area contributed by atoms with Gasteiger partial charge in [0.15, 0.2) is 17.1 Å². The number of carbonyl (C=O) groups excluding carboxylic acids is 1. The van der Waals surface area contributed by atoms with Crippen LogP contribution in [0.4, 0.5) is 5.69 Å². The van der Waals surface area contributed by atoms with Crippen molar-refractivity contribution in [2.24, 2.45) is 0 Å². The Balaban J connectivity index is 1.35. The first-order valence-corrected chi connectivity index (χ1v) is 13.7. The van der Waals surface area contributed by atoms with Gasteiger partial charge < -0.3 is 19.1 Å². The fourth-order valence-corrected chi connectivity index (χ4v) is 5.39. The summed E-state index contributed by atoms with van der Waals surface area (Å²) in [6.07, 6.45) is -0.263. The minimum absolute atomic E-state index is 0.141. The second kappa shape index (κ2) is 11.8. The number of benzene rings is 2. The van der Waals surface area contributed by atoms with Crippen molar-refractivity contribution >= 4 is 23.4 Å². The van der Waals surface area contributed by atoms with E-state index < -0.39 is 0 Å². The third-order valence-electron chi connectivity index (χ3n) is 6.51. The molecular weight excluding hydrogens is 470 g/mol. The molecule has 1 amide bonds. The van der Waals surface area contributed by atoms with Crippen LogP contribution < -0.4 is 9.64 Å². The van der Waals surface area contributed by atoms with Crippen LogP contribution in [0.1, 0.15) is 64.1 Å². The summed E-state index contributed by atoms with van der Waals surface area (Å²) in [5.41, 5.74) is 2.49. The summed E-state index contributed by atoms with van der Waals surface area (Å²) in [4.78, 5) is 17.2. The number of para-hydroxylation sites is 1. The second-order valence-corrected chi connectivity index (χ2v) is 10.7. The van der Waals surface area contributed by atoms with Crippen molar-refractivity contribution in [3.8, 4) is 5.75 Å². The summed E-state index contributed by atoms with van der Waals surface area (Å²) < 4.78 is 8.28. The van der Waals surface area contributed by atoms with Crippen molar-refractivity contribution < 1.29 is 9.53 Å². The quantitative estimate of drug-likeness (QED) is 0.353. The smallest absolute Gasteiger partial charge is 0.233 e. The average Bonchev–Trinajstić information content (AvgIpc) is 3.33. The van der Waals surface area contributed by atoms with Gasteiger partial charge in [-0.25, -0.2) is 0 Å². The molecule has 1 aliphatic heterocycles. The van der Waals surface area contributed by atoms with E-state index in [2.05, 4.69) is 83.8 Å². The Morgan fingerprint density at radius 2 is 1.58 bits per heavy atom. The minimum Gasteiger partial charge on any atom is -0.483 e. The molecule has 2 aromatic carbocycles. The molecule has 2 heterocycles. The summed E-state index contributed by atoms with van der Waals surface area (Å²) in [7, 11) is 0. The molecule has 0 radical (unpaired) electrons. The number of carbonyl (C=O) groups is 1. The lowest BCUT2D eigenvalue weighted by molar-refractivity contribution is -0.128. The van der Waals surface area contributed by atoms with Crippen molar-refractivity contribution in [1.29, 1.82) is 0 Å². The Hall–Kier alpha value is -3.00. The molecule has 0 spiro atoms. The van der Waals surface area contributed by atoms with Gasteiger partial charge in [-0.1, -0.05) is 55.9 Å². The van der Waals surface area contributed by atoms with Crippen LogP contribution in [0.3, 0.4) is 0 Å². The van der Waals surface area contributed by atoms with Crippen molar-refractivity contribution in [3.05, 3.63) is 66.0 Å². The van der Waals surface area contributed by atoms with Gasteiger partial charge in [0.25, 0.3) is 0 Å². The molecule has 0 N–H and O–H groups in total. The number of hydrogen-bond donors (Lipinski definition) is 0. The molecule has 192 valence electrons. The lowest BCUT2D eigenvalue weighted by atomic mass is 10.0. The average molecular weight is 508 g/mol. The number of ether oxygens (including phenoxy) is 1. The Morgan fingerprint density at radius 3 is 2.19 bits per heavy atom. The van der Waals surface area contributed by atoms with E-state index in [9.17, 15) is 4.79 Å². The number of thioether (sulfide) groups is 1. The predicted molar refractivity (Wildman–Crippen MR) is 146 cm³/mol. The number of hydrogen-bond acceptors (Lipinski definition) is 6. The molecule has 1 saturated heterocycles. The molecule has 1 aromatic heterocycles. The summed E-state index contributed by atoms with van der Waals surface area (Å²) in [6.45, 7) is 13.7. The zero-order valence-corrected chi connectivity index (χ0v) is 22.7. The maximum atomic E-state index is 13.0. The molecule has 7 nitrogen and oxygen atoms in total. The van der Waals surface area contributed by atoms with Crippen molar-refractivity contribution in [3.63, 3.8) is 0 Å². The van der Waals surface area contributed by atoms with E-state index in [0.717, 1.165) is 42.9 Å². The van der Waals surface area contributed by atoms with Gasteiger partial charge in [0.2, 0.25) is 5.91 Å². The largest absolute Gasteiger partial charge is 0.483 e. The summed E-state index contributed by atoms with van der Waals surface area (Å²) in [5.74, 6) is 2.55. The van der Waals surface area contributed by atoms with E-state index in [0.29, 0.717) is 11.7 Å².